The topological polar surface area (TPSA) is 61.9 Å². The van der Waals surface area contributed by atoms with Gasteiger partial charge in [0.1, 0.15) is 5.82 Å². The van der Waals surface area contributed by atoms with Gasteiger partial charge in [0.25, 0.3) is 5.91 Å². The molecule has 5 heteroatoms. The van der Waals surface area contributed by atoms with Crippen molar-refractivity contribution in [3.8, 4) is 11.4 Å². The van der Waals surface area contributed by atoms with Gasteiger partial charge < -0.3 is 9.88 Å². The van der Waals surface area contributed by atoms with Gasteiger partial charge in [-0.1, -0.05) is 18.2 Å². The lowest BCUT2D eigenvalue weighted by molar-refractivity contribution is 0.0785. The predicted octanol–water partition coefficient (Wildman–Crippen LogP) is 3.05. The van der Waals surface area contributed by atoms with Crippen molar-refractivity contribution in [3.63, 3.8) is 0 Å². The summed E-state index contributed by atoms with van der Waals surface area (Å²) in [5.74, 6) is 0.663. The number of carbonyl (C=O) groups excluding carboxylic acids is 1. The van der Waals surface area contributed by atoms with Gasteiger partial charge in [0, 0.05) is 43.9 Å². The Morgan fingerprint density at radius 2 is 2.04 bits per heavy atom. The van der Waals surface area contributed by atoms with E-state index in [4.69, 9.17) is 0 Å². The number of benzene rings is 1. The first-order valence-electron chi connectivity index (χ1n) is 7.40. The molecule has 1 amide bonds. The van der Waals surface area contributed by atoms with Crippen molar-refractivity contribution in [2.24, 2.45) is 0 Å². The molecule has 0 bridgehead atoms. The van der Waals surface area contributed by atoms with Crippen LogP contribution in [0.25, 0.3) is 11.4 Å². The molecule has 0 radical (unpaired) electrons. The lowest BCUT2D eigenvalue weighted by atomic mass is 10.1. The fraction of sp³-hybridized carbons (Fsp3) is 0.167. The third kappa shape index (κ3) is 3.13. The van der Waals surface area contributed by atoms with Crippen molar-refractivity contribution in [1.29, 1.82) is 0 Å². The highest BCUT2D eigenvalue weighted by Crippen LogP contribution is 2.22. The van der Waals surface area contributed by atoms with Gasteiger partial charge in [0.2, 0.25) is 0 Å². The van der Waals surface area contributed by atoms with Crippen LogP contribution in [0.3, 0.4) is 0 Å². The van der Waals surface area contributed by atoms with E-state index in [0.29, 0.717) is 17.9 Å². The molecule has 1 N–H and O–H groups in total. The lowest BCUT2D eigenvalue weighted by Gasteiger charge is -2.19. The van der Waals surface area contributed by atoms with Crippen LogP contribution >= 0.6 is 0 Å². The number of nitrogens with zero attached hydrogens (tertiary/aromatic N) is 3. The van der Waals surface area contributed by atoms with E-state index >= 15 is 0 Å². The summed E-state index contributed by atoms with van der Waals surface area (Å²) in [6, 6.07) is 9.44. The number of aromatic amines is 1. The maximum Gasteiger partial charge on any atom is 0.254 e. The summed E-state index contributed by atoms with van der Waals surface area (Å²) in [6.07, 6.45) is 6.99. The molecule has 2 aromatic heterocycles. The fourth-order valence-corrected chi connectivity index (χ4v) is 2.50. The minimum Gasteiger partial charge on any atom is -0.345 e. The SMILES string of the molecule is Cc1cnccc1CN(C)C(=O)c1ccccc1-c1ncc[nH]1. The molecule has 1 aromatic carbocycles. The Kier molecular flexibility index (Phi) is 4.19. The lowest BCUT2D eigenvalue weighted by Crippen LogP contribution is -2.27. The van der Waals surface area contributed by atoms with Gasteiger partial charge in [-0.05, 0) is 30.2 Å². The number of H-pyrrole nitrogens is 1. The number of hydrogen-bond donors (Lipinski definition) is 1. The molecular weight excluding hydrogens is 288 g/mol. The van der Waals surface area contributed by atoms with Crippen LogP contribution in [0.15, 0.2) is 55.1 Å². The number of aromatic nitrogens is 3. The van der Waals surface area contributed by atoms with Crippen molar-refractivity contribution in [2.45, 2.75) is 13.5 Å². The van der Waals surface area contributed by atoms with E-state index in [9.17, 15) is 4.79 Å². The first-order valence-corrected chi connectivity index (χ1v) is 7.40. The molecule has 116 valence electrons. The highest BCUT2D eigenvalue weighted by molar-refractivity contribution is 6.00. The molecule has 3 rings (SSSR count). The Morgan fingerprint density at radius 1 is 1.22 bits per heavy atom. The molecule has 2 heterocycles. The zero-order valence-electron chi connectivity index (χ0n) is 13.2. The summed E-state index contributed by atoms with van der Waals surface area (Å²) >= 11 is 0. The number of hydrogen-bond acceptors (Lipinski definition) is 3. The third-order valence-corrected chi connectivity index (χ3v) is 3.80. The van der Waals surface area contributed by atoms with E-state index in [1.165, 1.54) is 0 Å². The van der Waals surface area contributed by atoms with E-state index in [0.717, 1.165) is 16.7 Å². The Morgan fingerprint density at radius 3 is 2.78 bits per heavy atom. The monoisotopic (exact) mass is 306 g/mol. The normalized spacial score (nSPS) is 10.5. The van der Waals surface area contributed by atoms with Crippen molar-refractivity contribution < 1.29 is 4.79 Å². The molecule has 5 nitrogen and oxygen atoms in total. The zero-order chi connectivity index (χ0) is 16.2. The quantitative estimate of drug-likeness (QED) is 0.806. The van der Waals surface area contributed by atoms with Gasteiger partial charge in [-0.25, -0.2) is 4.98 Å². The average Bonchev–Trinajstić information content (AvgIpc) is 3.10. The number of nitrogens with one attached hydrogen (secondary N) is 1. The Labute approximate surface area is 135 Å². The van der Waals surface area contributed by atoms with Gasteiger partial charge in [-0.15, -0.1) is 0 Å². The summed E-state index contributed by atoms with van der Waals surface area (Å²) in [5.41, 5.74) is 3.61. The van der Waals surface area contributed by atoms with E-state index in [1.807, 2.05) is 43.5 Å². The third-order valence-electron chi connectivity index (χ3n) is 3.80. The molecule has 0 unspecified atom stereocenters. The number of pyridine rings is 1. The van der Waals surface area contributed by atoms with Gasteiger partial charge >= 0.3 is 0 Å². The highest BCUT2D eigenvalue weighted by Gasteiger charge is 2.18. The molecule has 0 atom stereocenters. The second-order valence-electron chi connectivity index (χ2n) is 5.45. The average molecular weight is 306 g/mol. The zero-order valence-corrected chi connectivity index (χ0v) is 13.2. The van der Waals surface area contributed by atoms with Crippen LogP contribution in [0.2, 0.25) is 0 Å². The van der Waals surface area contributed by atoms with Gasteiger partial charge in [0.15, 0.2) is 0 Å². The van der Waals surface area contributed by atoms with Gasteiger partial charge in [-0.3, -0.25) is 9.78 Å². The van der Waals surface area contributed by atoms with Crippen LogP contribution in [-0.2, 0) is 6.54 Å². The van der Waals surface area contributed by atoms with Crippen molar-refractivity contribution in [3.05, 3.63) is 71.8 Å². The molecule has 0 saturated carbocycles. The number of imidazole rings is 1. The van der Waals surface area contributed by atoms with E-state index < -0.39 is 0 Å². The summed E-state index contributed by atoms with van der Waals surface area (Å²) in [4.78, 5) is 26.0. The van der Waals surface area contributed by atoms with Crippen molar-refractivity contribution >= 4 is 5.91 Å². The molecule has 0 saturated heterocycles. The number of amides is 1. The van der Waals surface area contributed by atoms with Crippen LogP contribution in [-0.4, -0.2) is 32.8 Å². The predicted molar refractivity (Wildman–Crippen MR) is 88.8 cm³/mol. The molecule has 23 heavy (non-hydrogen) atoms. The number of carbonyl (C=O) groups is 1. The Balaban J connectivity index is 1.88. The molecule has 0 fully saturated rings. The fourth-order valence-electron chi connectivity index (χ4n) is 2.50. The number of aryl methyl sites for hydroxylation is 1. The molecule has 0 aliphatic carbocycles. The molecule has 0 aliphatic heterocycles. The van der Waals surface area contributed by atoms with Gasteiger partial charge in [-0.2, -0.15) is 0 Å². The van der Waals surface area contributed by atoms with E-state index in [2.05, 4.69) is 15.0 Å². The largest absolute Gasteiger partial charge is 0.345 e. The molecule has 3 aromatic rings. The Bertz CT molecular complexity index is 811. The summed E-state index contributed by atoms with van der Waals surface area (Å²) in [7, 11) is 1.81. The minimum absolute atomic E-state index is 0.0341. The molecule has 0 spiro atoms. The van der Waals surface area contributed by atoms with Crippen LogP contribution < -0.4 is 0 Å². The Hall–Kier alpha value is -2.95. The van der Waals surface area contributed by atoms with E-state index in [-0.39, 0.29) is 5.91 Å². The van der Waals surface area contributed by atoms with Crippen LogP contribution in [0.4, 0.5) is 0 Å². The van der Waals surface area contributed by atoms with Crippen molar-refractivity contribution in [2.75, 3.05) is 7.05 Å². The summed E-state index contributed by atoms with van der Waals surface area (Å²) in [5, 5.41) is 0. The number of rotatable bonds is 4. The molecule has 0 aliphatic rings. The second kappa shape index (κ2) is 6.44. The van der Waals surface area contributed by atoms with Crippen LogP contribution in [0, 0.1) is 6.92 Å². The first kappa shape index (κ1) is 15.0. The smallest absolute Gasteiger partial charge is 0.254 e. The van der Waals surface area contributed by atoms with Gasteiger partial charge in [0.05, 0.1) is 5.56 Å². The summed E-state index contributed by atoms with van der Waals surface area (Å²) < 4.78 is 0. The minimum atomic E-state index is -0.0341. The van der Waals surface area contributed by atoms with Crippen LogP contribution in [0.5, 0.6) is 0 Å². The first-order chi connectivity index (χ1) is 11.2. The van der Waals surface area contributed by atoms with Crippen molar-refractivity contribution in [1.82, 2.24) is 19.9 Å². The highest BCUT2D eigenvalue weighted by atomic mass is 16.2. The van der Waals surface area contributed by atoms with Crippen LogP contribution in [0.1, 0.15) is 21.5 Å². The summed E-state index contributed by atoms with van der Waals surface area (Å²) in [6.45, 7) is 2.54. The molecular formula is C18H18N4O. The maximum absolute atomic E-state index is 12.8. The second-order valence-corrected chi connectivity index (χ2v) is 5.45. The maximum atomic E-state index is 12.8. The van der Waals surface area contributed by atoms with E-state index in [1.54, 1.807) is 30.5 Å². The standard InChI is InChI=1S/C18H18N4O/c1-13-11-19-8-7-14(13)12-22(2)18(23)16-6-4-3-5-15(16)17-20-9-10-21-17/h3-11H,12H2,1-2H3,(H,20,21).